The minimum absolute atomic E-state index is 0.0248. The van der Waals surface area contributed by atoms with Crippen molar-refractivity contribution in [3.63, 3.8) is 0 Å². The number of hydrogen-bond acceptors (Lipinski definition) is 1. The fourth-order valence-electron chi connectivity index (χ4n) is 3.20. The molecule has 0 aliphatic heterocycles. The van der Waals surface area contributed by atoms with Gasteiger partial charge in [-0.1, -0.05) is 72.8 Å². The van der Waals surface area contributed by atoms with Crippen LogP contribution in [0.2, 0.25) is 0 Å². The predicted octanol–water partition coefficient (Wildman–Crippen LogP) is 5.01. The lowest BCUT2D eigenvalue weighted by Crippen LogP contribution is -2.36. The molecule has 0 heterocycles. The van der Waals surface area contributed by atoms with Gasteiger partial charge < -0.3 is 4.90 Å². The van der Waals surface area contributed by atoms with Crippen LogP contribution in [-0.4, -0.2) is 17.4 Å². The maximum Gasteiger partial charge on any atom is 0.227 e. The summed E-state index contributed by atoms with van der Waals surface area (Å²) in [6, 6.07) is 26.1. The van der Waals surface area contributed by atoms with Crippen molar-refractivity contribution in [3.05, 3.63) is 107 Å². The van der Waals surface area contributed by atoms with E-state index in [1.165, 1.54) is 12.1 Å². The SMILES string of the molecule is CCN(C(=O)Cc1ccc(F)cc1)C(c1ccccc1)c1ccccc1. The molecule has 3 aromatic rings. The zero-order valence-corrected chi connectivity index (χ0v) is 14.8. The zero-order chi connectivity index (χ0) is 18.4. The number of carbonyl (C=O) groups excluding carboxylic acids is 1. The summed E-state index contributed by atoms with van der Waals surface area (Å²) in [4.78, 5) is 14.9. The fraction of sp³-hybridized carbons (Fsp3) is 0.174. The van der Waals surface area contributed by atoms with Crippen LogP contribution < -0.4 is 0 Å². The first-order chi connectivity index (χ1) is 12.7. The predicted molar refractivity (Wildman–Crippen MR) is 102 cm³/mol. The Morgan fingerprint density at radius 3 is 1.81 bits per heavy atom. The van der Waals surface area contributed by atoms with Crippen LogP contribution in [0.3, 0.4) is 0 Å². The van der Waals surface area contributed by atoms with E-state index >= 15 is 0 Å². The minimum Gasteiger partial charge on any atom is -0.332 e. The van der Waals surface area contributed by atoms with Gasteiger partial charge in [0.25, 0.3) is 0 Å². The van der Waals surface area contributed by atoms with E-state index in [0.29, 0.717) is 6.54 Å². The summed E-state index contributed by atoms with van der Waals surface area (Å²) in [5.74, 6) is -0.267. The largest absolute Gasteiger partial charge is 0.332 e. The Labute approximate surface area is 153 Å². The van der Waals surface area contributed by atoms with Gasteiger partial charge in [-0.25, -0.2) is 4.39 Å². The van der Waals surface area contributed by atoms with Gasteiger partial charge in [-0.15, -0.1) is 0 Å². The minimum atomic E-state index is -0.292. The molecule has 0 spiro atoms. The van der Waals surface area contributed by atoms with Crippen LogP contribution in [-0.2, 0) is 11.2 Å². The summed E-state index contributed by atoms with van der Waals surface area (Å²) in [5.41, 5.74) is 2.97. The number of benzene rings is 3. The van der Waals surface area contributed by atoms with Crippen LogP contribution in [0.15, 0.2) is 84.9 Å². The molecule has 3 rings (SSSR count). The molecule has 26 heavy (non-hydrogen) atoms. The molecule has 3 heteroatoms. The van der Waals surface area contributed by atoms with Crippen molar-refractivity contribution in [2.45, 2.75) is 19.4 Å². The third kappa shape index (κ3) is 4.17. The molecule has 0 saturated heterocycles. The third-order valence-electron chi connectivity index (χ3n) is 4.47. The first-order valence-corrected chi connectivity index (χ1v) is 8.83. The second-order valence-electron chi connectivity index (χ2n) is 6.21. The van der Waals surface area contributed by atoms with Crippen molar-refractivity contribution >= 4 is 5.91 Å². The summed E-state index contributed by atoms with van der Waals surface area (Å²) in [7, 11) is 0. The van der Waals surface area contributed by atoms with Crippen molar-refractivity contribution in [2.24, 2.45) is 0 Å². The Kier molecular flexibility index (Phi) is 5.80. The van der Waals surface area contributed by atoms with Gasteiger partial charge in [0.2, 0.25) is 5.91 Å². The highest BCUT2D eigenvalue weighted by Crippen LogP contribution is 2.29. The van der Waals surface area contributed by atoms with Gasteiger partial charge in [0.05, 0.1) is 12.5 Å². The number of carbonyl (C=O) groups is 1. The lowest BCUT2D eigenvalue weighted by molar-refractivity contribution is -0.132. The number of halogens is 1. The van der Waals surface area contributed by atoms with Crippen molar-refractivity contribution in [1.82, 2.24) is 4.90 Å². The smallest absolute Gasteiger partial charge is 0.227 e. The van der Waals surface area contributed by atoms with Gasteiger partial charge >= 0.3 is 0 Å². The maximum atomic E-state index is 13.1. The lowest BCUT2D eigenvalue weighted by Gasteiger charge is -2.32. The molecule has 0 radical (unpaired) electrons. The third-order valence-corrected chi connectivity index (χ3v) is 4.47. The molecule has 0 unspecified atom stereocenters. The Hall–Kier alpha value is -2.94. The van der Waals surface area contributed by atoms with Gasteiger partial charge in [-0.05, 0) is 35.7 Å². The molecule has 0 aliphatic carbocycles. The fourth-order valence-corrected chi connectivity index (χ4v) is 3.20. The van der Waals surface area contributed by atoms with Crippen LogP contribution in [0.1, 0.15) is 29.7 Å². The van der Waals surface area contributed by atoms with Gasteiger partial charge in [0.1, 0.15) is 5.82 Å². The van der Waals surface area contributed by atoms with Crippen molar-refractivity contribution in [1.29, 1.82) is 0 Å². The van der Waals surface area contributed by atoms with E-state index in [0.717, 1.165) is 16.7 Å². The summed E-state index contributed by atoms with van der Waals surface area (Å²) in [6.07, 6.45) is 0.254. The zero-order valence-electron chi connectivity index (χ0n) is 14.8. The molecule has 0 atom stereocenters. The standard InChI is InChI=1S/C23H22FNO/c1-2-25(22(26)17-18-13-15-21(24)16-14-18)23(19-9-5-3-6-10-19)20-11-7-4-8-12-20/h3-16,23H,2,17H2,1H3. The molecule has 0 N–H and O–H groups in total. The van der Waals surface area contributed by atoms with Gasteiger partial charge in [0, 0.05) is 6.54 Å². The first kappa shape index (κ1) is 17.9. The second kappa shape index (κ2) is 8.43. The van der Waals surface area contributed by atoms with Crippen LogP contribution in [0.25, 0.3) is 0 Å². The highest BCUT2D eigenvalue weighted by atomic mass is 19.1. The van der Waals surface area contributed by atoms with Gasteiger partial charge in [-0.2, -0.15) is 0 Å². The summed E-state index contributed by atoms with van der Waals surface area (Å²) in [6.45, 7) is 2.58. The Balaban J connectivity index is 1.92. The lowest BCUT2D eigenvalue weighted by atomic mass is 9.96. The molecular weight excluding hydrogens is 325 g/mol. The summed E-state index contributed by atoms with van der Waals surface area (Å²) < 4.78 is 13.1. The molecule has 0 aliphatic rings. The normalized spacial score (nSPS) is 10.7. The molecular formula is C23H22FNO. The van der Waals surface area contributed by atoms with Gasteiger partial charge in [-0.3, -0.25) is 4.79 Å². The van der Waals surface area contributed by atoms with Crippen molar-refractivity contribution in [2.75, 3.05) is 6.54 Å². The topological polar surface area (TPSA) is 20.3 Å². The molecule has 1 amide bonds. The number of rotatable bonds is 6. The quantitative estimate of drug-likeness (QED) is 0.614. The van der Waals surface area contributed by atoms with E-state index in [1.54, 1.807) is 12.1 Å². The molecule has 0 aromatic heterocycles. The van der Waals surface area contributed by atoms with E-state index < -0.39 is 0 Å². The monoisotopic (exact) mass is 347 g/mol. The Morgan fingerprint density at radius 1 is 0.846 bits per heavy atom. The van der Waals surface area contributed by atoms with Crippen LogP contribution >= 0.6 is 0 Å². The molecule has 132 valence electrons. The van der Waals surface area contributed by atoms with E-state index in [-0.39, 0.29) is 24.2 Å². The number of nitrogens with zero attached hydrogens (tertiary/aromatic N) is 1. The first-order valence-electron chi connectivity index (χ1n) is 8.83. The molecule has 0 fully saturated rings. The van der Waals surface area contributed by atoms with Crippen LogP contribution in [0.5, 0.6) is 0 Å². The second-order valence-corrected chi connectivity index (χ2v) is 6.21. The molecule has 0 bridgehead atoms. The average molecular weight is 347 g/mol. The van der Waals surface area contributed by atoms with Crippen LogP contribution in [0.4, 0.5) is 4.39 Å². The van der Waals surface area contributed by atoms with E-state index in [2.05, 4.69) is 0 Å². The highest BCUT2D eigenvalue weighted by molar-refractivity contribution is 5.79. The summed E-state index contributed by atoms with van der Waals surface area (Å²) >= 11 is 0. The molecule has 2 nitrogen and oxygen atoms in total. The van der Waals surface area contributed by atoms with Gasteiger partial charge in [0.15, 0.2) is 0 Å². The maximum absolute atomic E-state index is 13.1. The molecule has 0 saturated carbocycles. The average Bonchev–Trinajstić information content (AvgIpc) is 2.69. The summed E-state index contributed by atoms with van der Waals surface area (Å²) in [5, 5.41) is 0. The van der Waals surface area contributed by atoms with Crippen molar-refractivity contribution < 1.29 is 9.18 Å². The van der Waals surface area contributed by atoms with Crippen molar-refractivity contribution in [3.8, 4) is 0 Å². The Morgan fingerprint density at radius 2 is 1.35 bits per heavy atom. The van der Waals surface area contributed by atoms with E-state index in [4.69, 9.17) is 0 Å². The van der Waals surface area contributed by atoms with E-state index in [9.17, 15) is 9.18 Å². The van der Waals surface area contributed by atoms with E-state index in [1.807, 2.05) is 72.5 Å². The highest BCUT2D eigenvalue weighted by Gasteiger charge is 2.25. The number of amides is 1. The molecule has 3 aromatic carbocycles. The number of hydrogen-bond donors (Lipinski definition) is 0. The Bertz CT molecular complexity index is 792. The van der Waals surface area contributed by atoms with Crippen LogP contribution in [0, 0.1) is 5.82 Å². The number of likely N-dealkylation sites (N-methyl/N-ethyl adjacent to an activating group) is 1.